The number of amides is 2. The second-order valence-electron chi connectivity index (χ2n) is 6.45. The summed E-state index contributed by atoms with van der Waals surface area (Å²) in [4.78, 5) is 33.4. The first kappa shape index (κ1) is 18.6. The number of benzene rings is 1. The molecule has 142 valence electrons. The van der Waals surface area contributed by atoms with E-state index in [2.05, 4.69) is 15.3 Å². The second kappa shape index (κ2) is 8.98. The van der Waals surface area contributed by atoms with E-state index in [1.807, 2.05) is 30.3 Å². The van der Waals surface area contributed by atoms with Crippen molar-refractivity contribution in [2.75, 3.05) is 19.6 Å². The molecule has 0 bridgehead atoms. The van der Waals surface area contributed by atoms with Crippen LogP contribution < -0.4 is 5.32 Å². The van der Waals surface area contributed by atoms with Gasteiger partial charge in [0.05, 0.1) is 12.4 Å². The van der Waals surface area contributed by atoms with Crippen molar-refractivity contribution >= 4 is 12.0 Å². The number of rotatable bonds is 5. The molecule has 0 radical (unpaired) electrons. The second-order valence-corrected chi connectivity index (χ2v) is 6.45. The van der Waals surface area contributed by atoms with Gasteiger partial charge >= 0.3 is 6.09 Å². The molecule has 8 nitrogen and oxygen atoms in total. The van der Waals surface area contributed by atoms with Crippen LogP contribution in [0.5, 0.6) is 5.75 Å². The number of nitrogens with zero attached hydrogens (tertiary/aromatic N) is 3. The van der Waals surface area contributed by atoms with Crippen LogP contribution in [0.15, 0.2) is 42.7 Å². The Labute approximate surface area is 157 Å². The molecule has 0 atom stereocenters. The molecule has 0 unspecified atom stereocenters. The summed E-state index contributed by atoms with van der Waals surface area (Å²) >= 11 is 0. The molecule has 3 rings (SSSR count). The lowest BCUT2D eigenvalue weighted by Crippen LogP contribution is -2.41. The van der Waals surface area contributed by atoms with Crippen LogP contribution in [0.2, 0.25) is 0 Å². The third-order valence-electron chi connectivity index (χ3n) is 4.47. The van der Waals surface area contributed by atoms with Crippen molar-refractivity contribution in [3.8, 4) is 5.75 Å². The van der Waals surface area contributed by atoms with Crippen molar-refractivity contribution in [1.82, 2.24) is 20.2 Å². The van der Waals surface area contributed by atoms with E-state index >= 15 is 0 Å². The number of carbonyl (C=O) groups excluding carboxylic acids is 2. The van der Waals surface area contributed by atoms with E-state index in [9.17, 15) is 9.59 Å². The molecule has 1 fully saturated rings. The maximum Gasteiger partial charge on any atom is 0.410 e. The highest BCUT2D eigenvalue weighted by molar-refractivity contribution is 5.90. The van der Waals surface area contributed by atoms with Crippen LogP contribution in [0.25, 0.3) is 0 Å². The van der Waals surface area contributed by atoms with Crippen LogP contribution in [0.3, 0.4) is 0 Å². The Kier molecular flexibility index (Phi) is 6.19. The third kappa shape index (κ3) is 5.40. The number of hydrogen-bond donors (Lipinski definition) is 2. The van der Waals surface area contributed by atoms with Gasteiger partial charge in [-0.15, -0.1) is 0 Å². The van der Waals surface area contributed by atoms with Gasteiger partial charge in [0.15, 0.2) is 5.75 Å². The zero-order valence-corrected chi connectivity index (χ0v) is 14.9. The fourth-order valence-electron chi connectivity index (χ4n) is 2.88. The molecule has 27 heavy (non-hydrogen) atoms. The smallest absolute Gasteiger partial charge is 0.410 e. The maximum absolute atomic E-state index is 12.2. The molecule has 0 spiro atoms. The van der Waals surface area contributed by atoms with E-state index in [1.165, 1.54) is 12.4 Å². The van der Waals surface area contributed by atoms with E-state index in [-0.39, 0.29) is 36.1 Å². The van der Waals surface area contributed by atoms with Gasteiger partial charge in [-0.3, -0.25) is 4.79 Å². The number of ether oxygens (including phenoxy) is 1. The molecule has 1 aliphatic heterocycles. The van der Waals surface area contributed by atoms with Crippen molar-refractivity contribution in [3.63, 3.8) is 0 Å². The Morgan fingerprint density at radius 1 is 1.15 bits per heavy atom. The zero-order valence-electron chi connectivity index (χ0n) is 14.9. The monoisotopic (exact) mass is 370 g/mol. The predicted octanol–water partition coefficient (Wildman–Crippen LogP) is 1.96. The lowest BCUT2D eigenvalue weighted by molar-refractivity contribution is 0.0799. The van der Waals surface area contributed by atoms with Crippen LogP contribution in [-0.4, -0.2) is 51.6 Å². The van der Waals surface area contributed by atoms with Crippen LogP contribution >= 0.6 is 0 Å². The predicted molar refractivity (Wildman–Crippen MR) is 97.0 cm³/mol. The lowest BCUT2D eigenvalue weighted by atomic mass is 9.97. The SMILES string of the molecule is O=C(NCC1CCN(C(=O)OCc2ccccc2)CC1)c1ncc(O)cn1. The highest BCUT2D eigenvalue weighted by Crippen LogP contribution is 2.17. The Balaban J connectivity index is 1.37. The Morgan fingerprint density at radius 2 is 1.81 bits per heavy atom. The molecule has 1 aromatic carbocycles. The Morgan fingerprint density at radius 3 is 2.48 bits per heavy atom. The number of carbonyl (C=O) groups is 2. The van der Waals surface area contributed by atoms with Gasteiger partial charge in [-0.25, -0.2) is 14.8 Å². The molecule has 0 saturated carbocycles. The molecule has 1 saturated heterocycles. The number of aromatic nitrogens is 2. The van der Waals surface area contributed by atoms with E-state index in [0.717, 1.165) is 18.4 Å². The highest BCUT2D eigenvalue weighted by atomic mass is 16.6. The lowest BCUT2D eigenvalue weighted by Gasteiger charge is -2.31. The molecular weight excluding hydrogens is 348 g/mol. The van der Waals surface area contributed by atoms with E-state index < -0.39 is 0 Å². The first-order chi connectivity index (χ1) is 13.1. The summed E-state index contributed by atoms with van der Waals surface area (Å²) in [6.45, 7) is 1.96. The van der Waals surface area contributed by atoms with Gasteiger partial charge in [-0.1, -0.05) is 30.3 Å². The Hall–Kier alpha value is -3.16. The summed E-state index contributed by atoms with van der Waals surface area (Å²) in [6.07, 6.45) is 3.64. The molecule has 2 aromatic rings. The molecule has 8 heteroatoms. The van der Waals surface area contributed by atoms with Crippen molar-refractivity contribution in [2.24, 2.45) is 5.92 Å². The van der Waals surface area contributed by atoms with Crippen molar-refractivity contribution in [2.45, 2.75) is 19.4 Å². The van der Waals surface area contributed by atoms with Crippen LogP contribution in [0.1, 0.15) is 29.0 Å². The quantitative estimate of drug-likeness (QED) is 0.834. The topological polar surface area (TPSA) is 105 Å². The molecule has 2 N–H and O–H groups in total. The normalized spacial score (nSPS) is 14.6. The average molecular weight is 370 g/mol. The van der Waals surface area contributed by atoms with Crippen molar-refractivity contribution in [3.05, 3.63) is 54.1 Å². The summed E-state index contributed by atoms with van der Waals surface area (Å²) in [5, 5.41) is 11.9. The van der Waals surface area contributed by atoms with E-state index in [1.54, 1.807) is 4.90 Å². The first-order valence-corrected chi connectivity index (χ1v) is 8.86. The largest absolute Gasteiger partial charge is 0.505 e. The number of piperidine rings is 1. The van der Waals surface area contributed by atoms with Gasteiger partial charge < -0.3 is 20.1 Å². The highest BCUT2D eigenvalue weighted by Gasteiger charge is 2.24. The number of nitrogens with one attached hydrogen (secondary N) is 1. The minimum Gasteiger partial charge on any atom is -0.505 e. The molecule has 1 aliphatic rings. The van der Waals surface area contributed by atoms with Gasteiger partial charge in [-0.05, 0) is 24.3 Å². The van der Waals surface area contributed by atoms with Crippen LogP contribution in [0.4, 0.5) is 4.79 Å². The van der Waals surface area contributed by atoms with E-state index in [0.29, 0.717) is 19.6 Å². The van der Waals surface area contributed by atoms with Gasteiger partial charge in [0, 0.05) is 19.6 Å². The summed E-state index contributed by atoms with van der Waals surface area (Å²) in [5.74, 6) is -0.156. The molecule has 0 aliphatic carbocycles. The number of hydrogen-bond acceptors (Lipinski definition) is 6. The van der Waals surface area contributed by atoms with Crippen LogP contribution in [-0.2, 0) is 11.3 Å². The first-order valence-electron chi connectivity index (χ1n) is 8.86. The van der Waals surface area contributed by atoms with Crippen molar-refractivity contribution < 1.29 is 19.4 Å². The Bertz CT molecular complexity index is 759. The molecule has 2 heterocycles. The summed E-state index contributed by atoms with van der Waals surface area (Å²) < 4.78 is 5.35. The minimum atomic E-state index is -0.375. The van der Waals surface area contributed by atoms with E-state index in [4.69, 9.17) is 9.84 Å². The van der Waals surface area contributed by atoms with Gasteiger partial charge in [0.2, 0.25) is 5.82 Å². The molecule has 2 amide bonds. The van der Waals surface area contributed by atoms with Crippen LogP contribution in [0, 0.1) is 5.92 Å². The standard InChI is InChI=1S/C19H22N4O4/c24-16-11-20-17(21-12-16)18(25)22-10-14-6-8-23(9-7-14)19(26)27-13-15-4-2-1-3-5-15/h1-5,11-12,14,24H,6-10,13H2,(H,22,25). The average Bonchev–Trinajstić information content (AvgIpc) is 2.72. The van der Waals surface area contributed by atoms with Gasteiger partial charge in [0.25, 0.3) is 5.91 Å². The fraction of sp³-hybridized carbons (Fsp3) is 0.368. The summed E-state index contributed by atoms with van der Waals surface area (Å²) in [7, 11) is 0. The molecular formula is C19H22N4O4. The number of likely N-dealkylation sites (tertiary alicyclic amines) is 1. The third-order valence-corrected chi connectivity index (χ3v) is 4.47. The fourth-order valence-corrected chi connectivity index (χ4v) is 2.88. The van der Waals surface area contributed by atoms with Gasteiger partial charge in [0.1, 0.15) is 6.61 Å². The molecule has 1 aromatic heterocycles. The maximum atomic E-state index is 12.2. The summed E-state index contributed by atoms with van der Waals surface area (Å²) in [6, 6.07) is 9.57. The van der Waals surface area contributed by atoms with Gasteiger partial charge in [-0.2, -0.15) is 0 Å². The minimum absolute atomic E-state index is 0.0229. The zero-order chi connectivity index (χ0) is 19.1. The van der Waals surface area contributed by atoms with Crippen molar-refractivity contribution in [1.29, 1.82) is 0 Å². The number of aromatic hydroxyl groups is 1. The summed E-state index contributed by atoms with van der Waals surface area (Å²) in [5.41, 5.74) is 0.958.